The second-order valence-corrected chi connectivity index (χ2v) is 15.5. The van der Waals surface area contributed by atoms with E-state index in [0.29, 0.717) is 13.2 Å². The Kier molecular flexibility index (Phi) is 7.67. The Bertz CT molecular complexity index is 876. The SMILES string of the molecule is CC1(C)OCC(C[C@@H]2CCC(N)[C@@H](CO[Si](c3ccccc3)(c3ccccc3)C(C)(C)C)O2)O1. The van der Waals surface area contributed by atoms with Crippen LogP contribution in [0.1, 0.15) is 53.9 Å². The first-order valence-corrected chi connectivity index (χ1v) is 14.5. The van der Waals surface area contributed by atoms with E-state index in [4.69, 9.17) is 24.4 Å². The first-order chi connectivity index (χ1) is 16.1. The molecule has 2 heterocycles. The zero-order chi connectivity index (χ0) is 24.4. The number of rotatable bonds is 7. The zero-order valence-electron chi connectivity index (χ0n) is 21.3. The van der Waals surface area contributed by atoms with Crippen molar-refractivity contribution >= 4 is 18.7 Å². The maximum atomic E-state index is 7.11. The first kappa shape index (κ1) is 25.5. The number of ether oxygens (including phenoxy) is 3. The Labute approximate surface area is 206 Å². The molecule has 2 aromatic rings. The van der Waals surface area contributed by atoms with Crippen molar-refractivity contribution in [3.05, 3.63) is 60.7 Å². The van der Waals surface area contributed by atoms with Gasteiger partial charge in [-0.1, -0.05) is 81.4 Å². The van der Waals surface area contributed by atoms with Gasteiger partial charge in [0.2, 0.25) is 0 Å². The molecule has 2 unspecified atom stereocenters. The van der Waals surface area contributed by atoms with Gasteiger partial charge in [0.25, 0.3) is 8.32 Å². The summed E-state index contributed by atoms with van der Waals surface area (Å²) in [6.07, 6.45) is 2.72. The molecule has 0 bridgehead atoms. The van der Waals surface area contributed by atoms with Crippen LogP contribution in [-0.4, -0.2) is 51.7 Å². The van der Waals surface area contributed by atoms with Crippen LogP contribution in [0.3, 0.4) is 0 Å². The van der Waals surface area contributed by atoms with E-state index in [1.807, 2.05) is 13.8 Å². The molecule has 186 valence electrons. The average molecular weight is 484 g/mol. The number of nitrogens with two attached hydrogens (primary N) is 1. The van der Waals surface area contributed by atoms with Gasteiger partial charge in [0.05, 0.1) is 31.5 Å². The van der Waals surface area contributed by atoms with E-state index in [1.165, 1.54) is 10.4 Å². The Morgan fingerprint density at radius 1 is 0.941 bits per heavy atom. The average Bonchev–Trinajstić information content (AvgIpc) is 3.14. The highest BCUT2D eigenvalue weighted by Crippen LogP contribution is 2.37. The normalized spacial score (nSPS) is 27.6. The minimum Gasteiger partial charge on any atom is -0.405 e. The molecule has 2 saturated heterocycles. The molecule has 2 aromatic carbocycles. The van der Waals surface area contributed by atoms with Crippen molar-refractivity contribution in [2.45, 2.75) is 89.1 Å². The summed E-state index contributed by atoms with van der Waals surface area (Å²) in [5, 5.41) is 2.47. The molecule has 2 fully saturated rings. The molecule has 0 radical (unpaired) electrons. The first-order valence-electron chi connectivity index (χ1n) is 12.6. The summed E-state index contributed by atoms with van der Waals surface area (Å²) < 4.78 is 25.4. The van der Waals surface area contributed by atoms with Crippen LogP contribution in [0.5, 0.6) is 0 Å². The topological polar surface area (TPSA) is 62.9 Å². The standard InChI is InChI=1S/C28H41NO4Si/c1-27(2,3)34(23-12-8-6-9-13-23,24-14-10-7-11-15-24)31-20-26-25(29)17-16-21(32-26)18-22-19-30-28(4,5)33-22/h6-15,21-22,25-26H,16-20,29H2,1-5H3/t21-,22?,25?,26+/m0/s1. The molecule has 0 aromatic heterocycles. The van der Waals surface area contributed by atoms with Gasteiger partial charge >= 0.3 is 0 Å². The lowest BCUT2D eigenvalue weighted by Gasteiger charge is -2.45. The molecule has 2 N–H and O–H groups in total. The van der Waals surface area contributed by atoms with Crippen molar-refractivity contribution in [1.82, 2.24) is 0 Å². The predicted molar refractivity (Wildman–Crippen MR) is 139 cm³/mol. The van der Waals surface area contributed by atoms with Crippen LogP contribution in [0.15, 0.2) is 60.7 Å². The Morgan fingerprint density at radius 2 is 1.53 bits per heavy atom. The Morgan fingerprint density at radius 3 is 2.03 bits per heavy atom. The second-order valence-electron chi connectivity index (χ2n) is 11.2. The van der Waals surface area contributed by atoms with Crippen LogP contribution in [0, 0.1) is 0 Å². The fourth-order valence-corrected chi connectivity index (χ4v) is 10.0. The van der Waals surface area contributed by atoms with Crippen molar-refractivity contribution in [2.75, 3.05) is 13.2 Å². The van der Waals surface area contributed by atoms with E-state index in [2.05, 4.69) is 81.4 Å². The van der Waals surface area contributed by atoms with Gasteiger partial charge in [-0.05, 0) is 42.1 Å². The highest BCUT2D eigenvalue weighted by molar-refractivity contribution is 6.99. The molecule has 0 aliphatic carbocycles. The highest BCUT2D eigenvalue weighted by atomic mass is 28.4. The molecule has 2 aliphatic heterocycles. The largest absolute Gasteiger partial charge is 0.405 e. The van der Waals surface area contributed by atoms with Crippen LogP contribution in [0.4, 0.5) is 0 Å². The van der Waals surface area contributed by atoms with Crippen molar-refractivity contribution in [3.63, 3.8) is 0 Å². The van der Waals surface area contributed by atoms with Crippen molar-refractivity contribution in [3.8, 4) is 0 Å². The minimum absolute atomic E-state index is 0.0355. The lowest BCUT2D eigenvalue weighted by molar-refractivity contribution is -0.148. The molecular formula is C28H41NO4Si. The molecule has 4 rings (SSSR count). The van der Waals surface area contributed by atoms with E-state index < -0.39 is 14.1 Å². The number of hydrogen-bond acceptors (Lipinski definition) is 5. The maximum Gasteiger partial charge on any atom is 0.261 e. The van der Waals surface area contributed by atoms with Crippen molar-refractivity contribution < 1.29 is 18.6 Å². The van der Waals surface area contributed by atoms with E-state index >= 15 is 0 Å². The second kappa shape index (κ2) is 10.2. The third-order valence-electron chi connectivity index (χ3n) is 7.14. The van der Waals surface area contributed by atoms with Crippen LogP contribution in [0.25, 0.3) is 0 Å². The summed E-state index contributed by atoms with van der Waals surface area (Å²) in [5.41, 5.74) is 6.56. The van der Waals surface area contributed by atoms with Crippen LogP contribution >= 0.6 is 0 Å². The molecule has 5 nitrogen and oxygen atoms in total. The number of benzene rings is 2. The Balaban J connectivity index is 1.55. The monoisotopic (exact) mass is 483 g/mol. The third kappa shape index (κ3) is 5.48. The summed E-state index contributed by atoms with van der Waals surface area (Å²) in [5.74, 6) is -0.512. The molecule has 0 amide bonds. The smallest absolute Gasteiger partial charge is 0.261 e. The summed E-state index contributed by atoms with van der Waals surface area (Å²) in [4.78, 5) is 0. The predicted octanol–water partition coefficient (Wildman–Crippen LogP) is 3.98. The van der Waals surface area contributed by atoms with Gasteiger partial charge in [-0.3, -0.25) is 0 Å². The minimum atomic E-state index is -2.62. The van der Waals surface area contributed by atoms with Crippen molar-refractivity contribution in [2.24, 2.45) is 5.73 Å². The van der Waals surface area contributed by atoms with Gasteiger partial charge in [-0.2, -0.15) is 0 Å². The van der Waals surface area contributed by atoms with Crippen molar-refractivity contribution in [1.29, 1.82) is 0 Å². The van der Waals surface area contributed by atoms with Gasteiger partial charge in [-0.25, -0.2) is 0 Å². The molecule has 0 saturated carbocycles. The third-order valence-corrected chi connectivity index (χ3v) is 12.1. The quantitative estimate of drug-likeness (QED) is 0.604. The summed E-state index contributed by atoms with van der Waals surface area (Å²) in [7, 11) is -2.62. The highest BCUT2D eigenvalue weighted by Gasteiger charge is 2.51. The van der Waals surface area contributed by atoms with E-state index in [-0.39, 0.29) is 29.4 Å². The van der Waals surface area contributed by atoms with E-state index in [1.54, 1.807) is 0 Å². The van der Waals surface area contributed by atoms with Gasteiger partial charge < -0.3 is 24.4 Å². The van der Waals surface area contributed by atoms with E-state index in [9.17, 15) is 0 Å². The molecule has 2 aliphatic rings. The summed E-state index contributed by atoms with van der Waals surface area (Å²) in [6.45, 7) is 11.9. The molecule has 4 atom stereocenters. The molecule has 6 heteroatoms. The van der Waals surface area contributed by atoms with Gasteiger partial charge in [0.15, 0.2) is 5.79 Å². The van der Waals surface area contributed by atoms with Gasteiger partial charge in [0, 0.05) is 12.5 Å². The van der Waals surface area contributed by atoms with Crippen LogP contribution < -0.4 is 16.1 Å². The summed E-state index contributed by atoms with van der Waals surface area (Å²) in [6, 6.07) is 21.4. The van der Waals surface area contributed by atoms with Gasteiger partial charge in [-0.15, -0.1) is 0 Å². The summed E-state index contributed by atoms with van der Waals surface area (Å²) >= 11 is 0. The Hall–Kier alpha value is -1.54. The zero-order valence-corrected chi connectivity index (χ0v) is 22.3. The fraction of sp³-hybridized carbons (Fsp3) is 0.571. The van der Waals surface area contributed by atoms with E-state index in [0.717, 1.165) is 19.3 Å². The van der Waals surface area contributed by atoms with Crippen LogP contribution in [0.2, 0.25) is 5.04 Å². The lowest BCUT2D eigenvalue weighted by Crippen LogP contribution is -2.67. The fourth-order valence-electron chi connectivity index (χ4n) is 5.46. The molecule has 34 heavy (non-hydrogen) atoms. The number of hydrogen-bond donors (Lipinski definition) is 1. The lowest BCUT2D eigenvalue weighted by atomic mass is 9.96. The van der Waals surface area contributed by atoms with Crippen LogP contribution in [-0.2, 0) is 18.6 Å². The molecule has 0 spiro atoms. The van der Waals surface area contributed by atoms with Gasteiger partial charge in [0.1, 0.15) is 0 Å². The maximum absolute atomic E-state index is 7.11. The molecular weight excluding hydrogens is 442 g/mol.